The molecule has 0 unspecified atom stereocenters. The van der Waals surface area contributed by atoms with Gasteiger partial charge < -0.3 is 4.74 Å². The number of rotatable bonds is 3. The van der Waals surface area contributed by atoms with E-state index in [1.54, 1.807) is 12.1 Å². The van der Waals surface area contributed by atoms with E-state index in [-0.39, 0.29) is 11.5 Å². The Morgan fingerprint density at radius 2 is 1.68 bits per heavy atom. The third-order valence-corrected chi connectivity index (χ3v) is 5.73. The predicted molar refractivity (Wildman–Crippen MR) is 99.1 cm³/mol. The number of halogens is 3. The molecule has 0 atom stereocenters. The number of esters is 1. The molecule has 0 N–H and O–H groups in total. The maximum atomic E-state index is 14.2. The molecule has 1 aliphatic rings. The highest BCUT2D eigenvalue weighted by molar-refractivity contribution is 9.11. The first-order valence-electron chi connectivity index (χ1n) is 7.03. The van der Waals surface area contributed by atoms with Crippen LogP contribution in [-0.4, -0.2) is 27.2 Å². The minimum absolute atomic E-state index is 0.00401. The smallest absolute Gasteiger partial charge is 0.339 e. The summed E-state index contributed by atoms with van der Waals surface area (Å²) in [6.07, 6.45) is 0.941. The lowest BCUT2D eigenvalue weighted by Crippen LogP contribution is -2.02. The number of carbonyl (C=O) groups is 1. The Kier molecular flexibility index (Phi) is 4.87. The number of benzene rings is 2. The van der Waals surface area contributed by atoms with E-state index < -0.39 is 21.6 Å². The van der Waals surface area contributed by atoms with Gasteiger partial charge in [-0.1, -0.05) is 37.9 Å². The molecule has 4 nitrogen and oxygen atoms in total. The number of cyclic esters (lactones) is 1. The predicted octanol–water partition coefficient (Wildman–Crippen LogP) is 4.22. The van der Waals surface area contributed by atoms with Crippen molar-refractivity contribution in [1.82, 2.24) is 0 Å². The van der Waals surface area contributed by atoms with E-state index in [2.05, 4.69) is 31.9 Å². The standard InChI is InChI=1S/C17H11Br2FO4S/c1-25(22,23)15-3-2-9(6-14(15)20)13-8-24-17(21)16(13)10-4-11(18)7-12(19)5-10/h2-7H,8H2,1H3. The van der Waals surface area contributed by atoms with Crippen LogP contribution in [-0.2, 0) is 19.4 Å². The van der Waals surface area contributed by atoms with Gasteiger partial charge in [-0.3, -0.25) is 0 Å². The van der Waals surface area contributed by atoms with E-state index in [0.717, 1.165) is 21.3 Å². The highest BCUT2D eigenvalue weighted by Crippen LogP contribution is 2.36. The summed E-state index contributed by atoms with van der Waals surface area (Å²) >= 11 is 6.74. The average molecular weight is 490 g/mol. The fraction of sp³-hybridized carbons (Fsp3) is 0.118. The summed E-state index contributed by atoms with van der Waals surface area (Å²) in [5.41, 5.74) is 1.86. The van der Waals surface area contributed by atoms with Gasteiger partial charge in [-0.15, -0.1) is 0 Å². The molecule has 0 aromatic heterocycles. The van der Waals surface area contributed by atoms with Crippen LogP contribution in [0.2, 0.25) is 0 Å². The maximum absolute atomic E-state index is 14.2. The zero-order chi connectivity index (χ0) is 18.4. The van der Waals surface area contributed by atoms with Gasteiger partial charge in [0.2, 0.25) is 0 Å². The Morgan fingerprint density at radius 1 is 1.04 bits per heavy atom. The van der Waals surface area contributed by atoms with Crippen LogP contribution >= 0.6 is 31.9 Å². The molecule has 0 bridgehead atoms. The lowest BCUT2D eigenvalue weighted by atomic mass is 9.97. The quantitative estimate of drug-likeness (QED) is 0.605. The monoisotopic (exact) mass is 488 g/mol. The fourth-order valence-corrected chi connectivity index (χ4v) is 4.63. The Bertz CT molecular complexity index is 1010. The summed E-state index contributed by atoms with van der Waals surface area (Å²) in [5, 5.41) is 0. The van der Waals surface area contributed by atoms with Crippen molar-refractivity contribution >= 4 is 58.8 Å². The van der Waals surface area contributed by atoms with Crippen molar-refractivity contribution in [3.8, 4) is 0 Å². The summed E-state index contributed by atoms with van der Waals surface area (Å²) in [7, 11) is -3.66. The van der Waals surface area contributed by atoms with Gasteiger partial charge in [0.25, 0.3) is 0 Å². The first kappa shape index (κ1) is 18.3. The van der Waals surface area contributed by atoms with Crippen LogP contribution in [0.3, 0.4) is 0 Å². The Hall–Kier alpha value is -1.51. The summed E-state index contributed by atoms with van der Waals surface area (Å²) < 4.78 is 44.0. The largest absolute Gasteiger partial charge is 0.457 e. The molecule has 0 saturated carbocycles. The molecule has 0 radical (unpaired) electrons. The Labute approximate surface area is 160 Å². The third kappa shape index (κ3) is 3.70. The van der Waals surface area contributed by atoms with Crippen molar-refractivity contribution in [1.29, 1.82) is 0 Å². The normalized spacial score (nSPS) is 14.8. The van der Waals surface area contributed by atoms with Gasteiger partial charge in [-0.2, -0.15) is 0 Å². The third-order valence-electron chi connectivity index (χ3n) is 3.68. The summed E-state index contributed by atoms with van der Waals surface area (Å²) in [4.78, 5) is 11.8. The highest BCUT2D eigenvalue weighted by Gasteiger charge is 2.28. The summed E-state index contributed by atoms with van der Waals surface area (Å²) in [6, 6.07) is 9.13. The molecule has 0 fully saturated rings. The molecule has 0 aliphatic carbocycles. The topological polar surface area (TPSA) is 60.4 Å². The van der Waals surface area contributed by atoms with Gasteiger partial charge in [0.05, 0.1) is 5.57 Å². The van der Waals surface area contributed by atoms with Crippen LogP contribution in [0.15, 0.2) is 50.2 Å². The Balaban J connectivity index is 2.18. The molecule has 130 valence electrons. The van der Waals surface area contributed by atoms with Crippen molar-refractivity contribution in [2.45, 2.75) is 4.90 Å². The number of ether oxygens (including phenoxy) is 1. The zero-order valence-electron chi connectivity index (χ0n) is 12.8. The van der Waals surface area contributed by atoms with Crippen LogP contribution in [0.5, 0.6) is 0 Å². The number of hydrogen-bond donors (Lipinski definition) is 0. The summed E-state index contributed by atoms with van der Waals surface area (Å²) in [5.74, 6) is -1.37. The number of carbonyl (C=O) groups excluding carboxylic acids is 1. The second-order valence-electron chi connectivity index (χ2n) is 5.51. The van der Waals surface area contributed by atoms with Gasteiger partial charge in [0.15, 0.2) is 9.84 Å². The molecule has 2 aromatic carbocycles. The second kappa shape index (κ2) is 6.66. The second-order valence-corrected chi connectivity index (χ2v) is 9.32. The van der Waals surface area contributed by atoms with Gasteiger partial charge in [0, 0.05) is 20.8 Å². The van der Waals surface area contributed by atoms with Gasteiger partial charge in [0.1, 0.15) is 17.3 Å². The van der Waals surface area contributed by atoms with E-state index in [9.17, 15) is 17.6 Å². The van der Waals surface area contributed by atoms with Crippen molar-refractivity contribution in [2.75, 3.05) is 12.9 Å². The van der Waals surface area contributed by atoms with Crippen LogP contribution in [0.4, 0.5) is 4.39 Å². The maximum Gasteiger partial charge on any atom is 0.339 e. The molecule has 0 amide bonds. The van der Waals surface area contributed by atoms with E-state index in [1.165, 1.54) is 12.1 Å². The molecule has 1 heterocycles. The number of hydrogen-bond acceptors (Lipinski definition) is 4. The lowest BCUT2D eigenvalue weighted by Gasteiger charge is -2.08. The molecule has 8 heteroatoms. The van der Waals surface area contributed by atoms with E-state index in [1.807, 2.05) is 6.07 Å². The molecular formula is C17H11Br2FO4S. The highest BCUT2D eigenvalue weighted by atomic mass is 79.9. The van der Waals surface area contributed by atoms with Crippen molar-refractivity contribution in [3.63, 3.8) is 0 Å². The van der Waals surface area contributed by atoms with Gasteiger partial charge in [-0.05, 0) is 41.5 Å². The van der Waals surface area contributed by atoms with Crippen LogP contribution in [0.25, 0.3) is 11.1 Å². The van der Waals surface area contributed by atoms with E-state index in [0.29, 0.717) is 22.3 Å². The molecule has 2 aromatic rings. The lowest BCUT2D eigenvalue weighted by molar-refractivity contribution is -0.133. The van der Waals surface area contributed by atoms with E-state index >= 15 is 0 Å². The first-order valence-corrected chi connectivity index (χ1v) is 10.5. The SMILES string of the molecule is CS(=O)(=O)c1ccc(C2=C(c3cc(Br)cc(Br)c3)C(=O)OC2)cc1F. The van der Waals surface area contributed by atoms with Gasteiger partial charge in [-0.25, -0.2) is 17.6 Å². The molecule has 1 aliphatic heterocycles. The van der Waals surface area contributed by atoms with E-state index in [4.69, 9.17) is 4.74 Å². The molecule has 0 saturated heterocycles. The summed E-state index contributed by atoms with van der Waals surface area (Å²) in [6.45, 7) is -0.00401. The van der Waals surface area contributed by atoms with Crippen LogP contribution in [0.1, 0.15) is 11.1 Å². The van der Waals surface area contributed by atoms with Crippen molar-refractivity contribution < 1.29 is 22.3 Å². The molecule has 0 spiro atoms. The van der Waals surface area contributed by atoms with Gasteiger partial charge >= 0.3 is 5.97 Å². The fourth-order valence-electron chi connectivity index (χ4n) is 2.61. The Morgan fingerprint density at radius 3 is 2.24 bits per heavy atom. The average Bonchev–Trinajstić information content (AvgIpc) is 2.86. The molecular weight excluding hydrogens is 479 g/mol. The molecule has 3 rings (SSSR count). The van der Waals surface area contributed by atoms with Crippen LogP contribution < -0.4 is 0 Å². The number of sulfone groups is 1. The first-order chi connectivity index (χ1) is 11.7. The van der Waals surface area contributed by atoms with Crippen molar-refractivity contribution in [3.05, 3.63) is 62.3 Å². The van der Waals surface area contributed by atoms with Crippen LogP contribution in [0, 0.1) is 5.82 Å². The zero-order valence-corrected chi connectivity index (χ0v) is 16.8. The van der Waals surface area contributed by atoms with Crippen molar-refractivity contribution in [2.24, 2.45) is 0 Å². The molecule has 25 heavy (non-hydrogen) atoms. The minimum atomic E-state index is -3.66. The minimum Gasteiger partial charge on any atom is -0.457 e.